The molecule has 0 amide bonds. The fourth-order valence-electron chi connectivity index (χ4n) is 2.52. The fraction of sp³-hybridized carbons (Fsp3) is 0.786. The highest BCUT2D eigenvalue weighted by molar-refractivity contribution is 7.13. The molecule has 0 spiro atoms. The molecule has 0 radical (unpaired) electrons. The third-order valence-electron chi connectivity index (χ3n) is 3.56. The summed E-state index contributed by atoms with van der Waals surface area (Å²) in [4.78, 5) is 7.04. The summed E-state index contributed by atoms with van der Waals surface area (Å²) in [5.41, 5.74) is 1.17. The number of nitrogens with zero attached hydrogens (tertiary/aromatic N) is 2. The summed E-state index contributed by atoms with van der Waals surface area (Å²) in [7, 11) is 2.18. The lowest BCUT2D eigenvalue weighted by Gasteiger charge is -2.19. The van der Waals surface area contributed by atoms with Crippen molar-refractivity contribution in [2.24, 2.45) is 5.92 Å². The van der Waals surface area contributed by atoms with Gasteiger partial charge in [0, 0.05) is 31.6 Å². The van der Waals surface area contributed by atoms with Gasteiger partial charge in [-0.1, -0.05) is 26.7 Å². The summed E-state index contributed by atoms with van der Waals surface area (Å²) < 4.78 is 0. The quantitative estimate of drug-likeness (QED) is 0.857. The predicted octanol–water partition coefficient (Wildman–Crippen LogP) is 3.27. The highest BCUT2D eigenvalue weighted by Crippen LogP contribution is 2.28. The summed E-state index contributed by atoms with van der Waals surface area (Å²) in [6.45, 7) is 6.38. The largest absolute Gasteiger partial charge is 0.351 e. The second-order valence-electron chi connectivity index (χ2n) is 5.69. The number of thiazole rings is 1. The van der Waals surface area contributed by atoms with Crippen LogP contribution in [0.4, 0.5) is 5.13 Å². The maximum absolute atomic E-state index is 4.71. The zero-order valence-electron chi connectivity index (χ0n) is 11.8. The second kappa shape index (κ2) is 6.53. The molecule has 0 bridgehead atoms. The molecule has 0 saturated heterocycles. The summed E-state index contributed by atoms with van der Waals surface area (Å²) in [6, 6.07) is 0.520. The van der Waals surface area contributed by atoms with Crippen LogP contribution >= 0.6 is 11.3 Å². The molecule has 102 valence electrons. The van der Waals surface area contributed by atoms with E-state index in [-0.39, 0.29) is 0 Å². The molecular formula is C14H25N3S. The Labute approximate surface area is 115 Å². The predicted molar refractivity (Wildman–Crippen MR) is 79.3 cm³/mol. The van der Waals surface area contributed by atoms with Crippen molar-refractivity contribution in [3.8, 4) is 0 Å². The zero-order chi connectivity index (χ0) is 13.0. The molecule has 1 aliphatic rings. The van der Waals surface area contributed by atoms with Crippen LogP contribution in [0.15, 0.2) is 5.38 Å². The summed E-state index contributed by atoms with van der Waals surface area (Å²) in [5.74, 6) is 0.885. The maximum atomic E-state index is 4.71. The van der Waals surface area contributed by atoms with Gasteiger partial charge in [-0.25, -0.2) is 4.98 Å². The number of nitrogens with one attached hydrogen (secondary N) is 1. The van der Waals surface area contributed by atoms with Crippen molar-refractivity contribution in [3.05, 3.63) is 11.1 Å². The molecule has 1 saturated carbocycles. The molecule has 18 heavy (non-hydrogen) atoms. The van der Waals surface area contributed by atoms with Gasteiger partial charge in [0.2, 0.25) is 0 Å². The van der Waals surface area contributed by atoms with Gasteiger partial charge in [0.25, 0.3) is 0 Å². The monoisotopic (exact) mass is 267 g/mol. The summed E-state index contributed by atoms with van der Waals surface area (Å²) in [5, 5.41) is 6.76. The normalized spacial score (nSPS) is 16.7. The lowest BCUT2D eigenvalue weighted by molar-refractivity contribution is 0.545. The van der Waals surface area contributed by atoms with E-state index >= 15 is 0 Å². The minimum atomic E-state index is 0.520. The topological polar surface area (TPSA) is 28.2 Å². The van der Waals surface area contributed by atoms with Crippen molar-refractivity contribution in [2.75, 3.05) is 18.5 Å². The Bertz CT molecular complexity index is 356. The van der Waals surface area contributed by atoms with E-state index in [1.54, 1.807) is 11.3 Å². The van der Waals surface area contributed by atoms with E-state index in [9.17, 15) is 0 Å². The maximum Gasteiger partial charge on any atom is 0.185 e. The molecule has 1 aliphatic carbocycles. The van der Waals surface area contributed by atoms with Crippen molar-refractivity contribution in [1.29, 1.82) is 0 Å². The molecule has 3 nitrogen and oxygen atoms in total. The first kappa shape index (κ1) is 13.8. The molecule has 0 aromatic carbocycles. The van der Waals surface area contributed by atoms with Crippen LogP contribution in [0.2, 0.25) is 0 Å². The van der Waals surface area contributed by atoms with E-state index in [0.29, 0.717) is 6.04 Å². The molecule has 1 aromatic heterocycles. The van der Waals surface area contributed by atoms with Crippen molar-refractivity contribution in [1.82, 2.24) is 10.3 Å². The smallest absolute Gasteiger partial charge is 0.185 e. The Morgan fingerprint density at radius 2 is 2.17 bits per heavy atom. The van der Waals surface area contributed by atoms with Crippen LogP contribution in [0.25, 0.3) is 0 Å². The SMILES string of the molecule is CC(C)NCc1csc(N(C)CC2CCCC2)n1. The molecular weight excluding hydrogens is 242 g/mol. The van der Waals surface area contributed by atoms with Crippen LogP contribution in [0.5, 0.6) is 0 Å². The average molecular weight is 267 g/mol. The number of hydrogen-bond donors (Lipinski definition) is 1. The minimum absolute atomic E-state index is 0.520. The third-order valence-corrected chi connectivity index (χ3v) is 4.57. The molecule has 1 heterocycles. The van der Waals surface area contributed by atoms with Gasteiger partial charge in [-0.15, -0.1) is 11.3 Å². The van der Waals surface area contributed by atoms with Gasteiger partial charge >= 0.3 is 0 Å². The van der Waals surface area contributed by atoms with Gasteiger partial charge in [-0.3, -0.25) is 0 Å². The second-order valence-corrected chi connectivity index (χ2v) is 6.52. The molecule has 0 unspecified atom stereocenters. The van der Waals surface area contributed by atoms with Crippen molar-refractivity contribution >= 4 is 16.5 Å². The minimum Gasteiger partial charge on any atom is -0.351 e. The van der Waals surface area contributed by atoms with E-state index in [1.807, 2.05) is 0 Å². The molecule has 2 rings (SSSR count). The number of rotatable bonds is 6. The van der Waals surface area contributed by atoms with Crippen molar-refractivity contribution in [3.63, 3.8) is 0 Å². The van der Waals surface area contributed by atoms with Gasteiger partial charge in [0.05, 0.1) is 5.69 Å². The Hall–Kier alpha value is -0.610. The Balaban J connectivity index is 1.84. The van der Waals surface area contributed by atoms with E-state index in [0.717, 1.165) is 12.5 Å². The number of aromatic nitrogens is 1. The zero-order valence-corrected chi connectivity index (χ0v) is 12.6. The Morgan fingerprint density at radius 3 is 2.83 bits per heavy atom. The van der Waals surface area contributed by atoms with Gasteiger partial charge in [-0.05, 0) is 18.8 Å². The molecule has 1 aromatic rings. The van der Waals surface area contributed by atoms with Crippen LogP contribution in [0.3, 0.4) is 0 Å². The first-order chi connectivity index (χ1) is 8.65. The lowest BCUT2D eigenvalue weighted by Crippen LogP contribution is -2.24. The van der Waals surface area contributed by atoms with Gasteiger partial charge in [-0.2, -0.15) is 0 Å². The van der Waals surface area contributed by atoms with E-state index in [2.05, 4.69) is 36.5 Å². The lowest BCUT2D eigenvalue weighted by atomic mass is 10.1. The Kier molecular flexibility index (Phi) is 5.01. The summed E-state index contributed by atoms with van der Waals surface area (Å²) >= 11 is 1.77. The third kappa shape index (κ3) is 3.95. The van der Waals surface area contributed by atoms with Crippen LogP contribution in [-0.4, -0.2) is 24.6 Å². The standard InChI is InChI=1S/C14H25N3S/c1-11(2)15-8-13-10-18-14(16-13)17(3)9-12-6-4-5-7-12/h10-12,15H,4-9H2,1-3H3. The fourth-order valence-corrected chi connectivity index (χ4v) is 3.32. The van der Waals surface area contributed by atoms with E-state index in [1.165, 1.54) is 43.1 Å². The van der Waals surface area contributed by atoms with Crippen LogP contribution in [-0.2, 0) is 6.54 Å². The first-order valence-electron chi connectivity index (χ1n) is 7.04. The molecule has 0 aliphatic heterocycles. The van der Waals surface area contributed by atoms with Gasteiger partial charge in [0.1, 0.15) is 0 Å². The average Bonchev–Trinajstić information content (AvgIpc) is 2.96. The highest BCUT2D eigenvalue weighted by atomic mass is 32.1. The molecule has 1 fully saturated rings. The Morgan fingerprint density at radius 1 is 1.44 bits per heavy atom. The molecule has 0 atom stereocenters. The van der Waals surface area contributed by atoms with E-state index in [4.69, 9.17) is 4.98 Å². The number of hydrogen-bond acceptors (Lipinski definition) is 4. The highest BCUT2D eigenvalue weighted by Gasteiger charge is 2.18. The summed E-state index contributed by atoms with van der Waals surface area (Å²) in [6.07, 6.45) is 5.63. The van der Waals surface area contributed by atoms with Crippen LogP contribution in [0, 0.1) is 5.92 Å². The molecule has 1 N–H and O–H groups in total. The van der Waals surface area contributed by atoms with Crippen molar-refractivity contribution < 1.29 is 0 Å². The van der Waals surface area contributed by atoms with Crippen LogP contribution < -0.4 is 10.2 Å². The number of anilines is 1. The molecule has 4 heteroatoms. The van der Waals surface area contributed by atoms with Gasteiger partial charge in [0.15, 0.2) is 5.13 Å². The van der Waals surface area contributed by atoms with Gasteiger partial charge < -0.3 is 10.2 Å². The first-order valence-corrected chi connectivity index (χ1v) is 7.92. The van der Waals surface area contributed by atoms with Crippen LogP contribution in [0.1, 0.15) is 45.2 Å². The van der Waals surface area contributed by atoms with E-state index < -0.39 is 0 Å². The van der Waals surface area contributed by atoms with Crippen molar-refractivity contribution in [2.45, 2.75) is 52.1 Å².